The van der Waals surface area contributed by atoms with E-state index in [0.29, 0.717) is 6.61 Å². The number of benzene rings is 4. The van der Waals surface area contributed by atoms with Gasteiger partial charge in [-0.2, -0.15) is 0 Å². The van der Waals surface area contributed by atoms with E-state index >= 15 is 0 Å². The predicted octanol–water partition coefficient (Wildman–Crippen LogP) is 2.87. The van der Waals surface area contributed by atoms with E-state index in [1.165, 1.54) is 44.8 Å². The lowest BCUT2D eigenvalue weighted by molar-refractivity contribution is -0.270. The predicted molar refractivity (Wildman–Crippen MR) is 134 cm³/mol. The molecule has 7 heteroatoms. The Morgan fingerprint density at radius 1 is 0.943 bits per heavy atom. The molecule has 0 aromatic heterocycles. The van der Waals surface area contributed by atoms with Gasteiger partial charge in [-0.3, -0.25) is 4.79 Å². The first-order chi connectivity index (χ1) is 17.0. The topological polar surface area (TPSA) is 108 Å². The van der Waals surface area contributed by atoms with Crippen LogP contribution in [0.25, 0.3) is 32.3 Å². The summed E-state index contributed by atoms with van der Waals surface area (Å²) in [6.07, 6.45) is -2.02. The van der Waals surface area contributed by atoms with Gasteiger partial charge in [0.05, 0.1) is 6.61 Å². The fraction of sp³-hybridized carbons (Fsp3) is 0.393. The van der Waals surface area contributed by atoms with Crippen LogP contribution in [-0.4, -0.2) is 65.1 Å². The van der Waals surface area contributed by atoms with Crippen LogP contribution < -0.4 is 5.32 Å². The van der Waals surface area contributed by atoms with Gasteiger partial charge in [-0.1, -0.05) is 54.6 Å². The van der Waals surface area contributed by atoms with Crippen LogP contribution in [0, 0.1) is 0 Å². The maximum absolute atomic E-state index is 11.6. The van der Waals surface area contributed by atoms with E-state index in [1.54, 1.807) is 0 Å². The molecule has 1 heterocycles. The molecular formula is C28H31NO6. The Bertz CT molecular complexity index is 1310. The minimum absolute atomic E-state index is 0.355. The van der Waals surface area contributed by atoms with E-state index < -0.39 is 37.3 Å². The Balaban J connectivity index is 1.25. The Hall–Kier alpha value is -2.81. The van der Waals surface area contributed by atoms with Crippen molar-refractivity contribution in [1.82, 2.24) is 5.32 Å². The molecule has 4 aromatic rings. The maximum Gasteiger partial charge on any atom is 0.217 e. The minimum Gasteiger partial charge on any atom is -0.394 e. The van der Waals surface area contributed by atoms with E-state index in [2.05, 4.69) is 59.9 Å². The van der Waals surface area contributed by atoms with Gasteiger partial charge in [0.1, 0.15) is 24.4 Å². The molecule has 0 saturated carbocycles. The van der Waals surface area contributed by atoms with Crippen molar-refractivity contribution in [2.24, 2.45) is 0 Å². The van der Waals surface area contributed by atoms with E-state index in [-0.39, 0.29) is 5.91 Å². The summed E-state index contributed by atoms with van der Waals surface area (Å²) in [5.41, 5.74) is 1.29. The number of rotatable bonds is 8. The van der Waals surface area contributed by atoms with Crippen LogP contribution in [0.5, 0.6) is 0 Å². The lowest BCUT2D eigenvalue weighted by Crippen LogP contribution is -2.64. The van der Waals surface area contributed by atoms with Gasteiger partial charge in [0.15, 0.2) is 6.29 Å². The van der Waals surface area contributed by atoms with Gasteiger partial charge < -0.3 is 30.1 Å². The molecule has 7 nitrogen and oxygen atoms in total. The molecule has 1 aliphatic heterocycles. The highest BCUT2D eigenvalue weighted by Gasteiger charge is 2.45. The molecule has 1 amide bonds. The van der Waals surface area contributed by atoms with Gasteiger partial charge in [0.2, 0.25) is 5.91 Å². The van der Waals surface area contributed by atoms with Crippen molar-refractivity contribution in [3.63, 3.8) is 0 Å². The van der Waals surface area contributed by atoms with Crippen molar-refractivity contribution in [3.05, 3.63) is 60.2 Å². The Morgan fingerprint density at radius 2 is 1.63 bits per heavy atom. The van der Waals surface area contributed by atoms with E-state index in [4.69, 9.17) is 9.47 Å². The molecule has 0 bridgehead atoms. The van der Waals surface area contributed by atoms with Crippen molar-refractivity contribution in [2.45, 2.75) is 56.8 Å². The van der Waals surface area contributed by atoms with E-state index in [1.807, 2.05) is 0 Å². The number of carbonyl (C=O) groups excluding carboxylic acids is 1. The van der Waals surface area contributed by atoms with Gasteiger partial charge in [-0.05, 0) is 57.1 Å². The summed E-state index contributed by atoms with van der Waals surface area (Å²) in [5, 5.41) is 40.2. The summed E-state index contributed by atoms with van der Waals surface area (Å²) in [5.74, 6) is -0.366. The normalized spacial score (nSPS) is 25.0. The Morgan fingerprint density at radius 3 is 2.34 bits per heavy atom. The highest BCUT2D eigenvalue weighted by molar-refractivity contribution is 6.23. The summed E-state index contributed by atoms with van der Waals surface area (Å²) >= 11 is 0. The molecule has 0 unspecified atom stereocenters. The number of hydrogen-bond donors (Lipinski definition) is 4. The fourth-order valence-electron chi connectivity index (χ4n) is 5.24. The second-order valence-corrected chi connectivity index (χ2v) is 9.34. The molecule has 1 aliphatic rings. The zero-order chi connectivity index (χ0) is 24.5. The summed E-state index contributed by atoms with van der Waals surface area (Å²) in [7, 11) is 0. The smallest absolute Gasteiger partial charge is 0.217 e. The molecule has 0 aliphatic carbocycles. The van der Waals surface area contributed by atoms with Crippen LogP contribution in [0.2, 0.25) is 0 Å². The minimum atomic E-state index is -1.31. The van der Waals surface area contributed by atoms with Crippen molar-refractivity contribution in [2.75, 3.05) is 13.2 Å². The van der Waals surface area contributed by atoms with Crippen LogP contribution in [-0.2, 0) is 20.7 Å². The molecule has 1 saturated heterocycles. The maximum atomic E-state index is 11.6. The number of aliphatic hydroxyl groups excluding tert-OH is 3. The van der Waals surface area contributed by atoms with Crippen LogP contribution >= 0.6 is 0 Å². The molecule has 0 spiro atoms. The lowest BCUT2D eigenvalue weighted by Gasteiger charge is -2.42. The van der Waals surface area contributed by atoms with Crippen molar-refractivity contribution in [3.8, 4) is 0 Å². The van der Waals surface area contributed by atoms with Crippen molar-refractivity contribution < 1.29 is 29.6 Å². The summed E-state index contributed by atoms with van der Waals surface area (Å²) in [6.45, 7) is 1.22. The number of carbonyl (C=O) groups is 1. The number of aryl methyl sites for hydroxylation is 1. The number of aliphatic hydroxyl groups is 3. The largest absolute Gasteiger partial charge is 0.394 e. The summed E-state index contributed by atoms with van der Waals surface area (Å²) < 4.78 is 11.5. The zero-order valence-electron chi connectivity index (χ0n) is 19.7. The number of amides is 1. The fourth-order valence-corrected chi connectivity index (χ4v) is 5.24. The standard InChI is InChI=1S/C28H31NO6/c1-16(31)29-25-27(33)26(32)22(15-30)35-28(25)34-14-3-2-5-17-8-9-20-11-10-18-6-4-7-19-12-13-21(17)24(20)23(18)19/h4,6-13,22,25-28,30,32-33H,2-3,5,14-15H2,1H3,(H,29,31)/t22-,25-,26-,27-,28-/m1/s1. The van der Waals surface area contributed by atoms with Gasteiger partial charge >= 0.3 is 0 Å². The van der Waals surface area contributed by atoms with Gasteiger partial charge in [0.25, 0.3) is 0 Å². The SMILES string of the molecule is CC(=O)N[C@H]1[C@H](OCCCCc2ccc3ccc4cccc5ccc2c3c45)O[C@H](CO)[C@@H](O)[C@@H]1O. The van der Waals surface area contributed by atoms with E-state index in [0.717, 1.165) is 19.3 Å². The van der Waals surface area contributed by atoms with Crippen LogP contribution in [0.15, 0.2) is 54.6 Å². The Kier molecular flexibility index (Phi) is 6.86. The highest BCUT2D eigenvalue weighted by atomic mass is 16.7. The average Bonchev–Trinajstić information content (AvgIpc) is 2.86. The quantitative estimate of drug-likeness (QED) is 0.230. The second kappa shape index (κ2) is 10.0. The lowest BCUT2D eigenvalue weighted by atomic mass is 9.91. The van der Waals surface area contributed by atoms with Crippen molar-refractivity contribution >= 4 is 38.2 Å². The highest BCUT2D eigenvalue weighted by Crippen LogP contribution is 2.36. The molecule has 184 valence electrons. The first-order valence-electron chi connectivity index (χ1n) is 12.1. The van der Waals surface area contributed by atoms with Crippen LogP contribution in [0.1, 0.15) is 25.3 Å². The monoisotopic (exact) mass is 477 g/mol. The number of nitrogens with one attached hydrogen (secondary N) is 1. The molecule has 4 aromatic carbocycles. The first-order valence-corrected chi connectivity index (χ1v) is 12.1. The van der Waals surface area contributed by atoms with Gasteiger partial charge in [0, 0.05) is 13.5 Å². The van der Waals surface area contributed by atoms with Gasteiger partial charge in [-0.15, -0.1) is 0 Å². The summed E-state index contributed by atoms with van der Waals surface area (Å²) in [6, 6.07) is 18.7. The zero-order valence-corrected chi connectivity index (χ0v) is 19.7. The molecule has 5 rings (SSSR count). The number of hydrogen-bond acceptors (Lipinski definition) is 6. The number of ether oxygens (including phenoxy) is 2. The average molecular weight is 478 g/mol. The van der Waals surface area contributed by atoms with Crippen molar-refractivity contribution in [1.29, 1.82) is 0 Å². The van der Waals surface area contributed by atoms with Gasteiger partial charge in [-0.25, -0.2) is 0 Å². The van der Waals surface area contributed by atoms with Crippen LogP contribution in [0.4, 0.5) is 0 Å². The van der Waals surface area contributed by atoms with E-state index in [9.17, 15) is 20.1 Å². The third-order valence-electron chi connectivity index (χ3n) is 6.99. The first kappa shape index (κ1) is 23.9. The second-order valence-electron chi connectivity index (χ2n) is 9.34. The summed E-state index contributed by atoms with van der Waals surface area (Å²) in [4.78, 5) is 11.6. The molecule has 0 radical (unpaired) electrons. The number of unbranched alkanes of at least 4 members (excludes halogenated alkanes) is 1. The molecule has 5 atom stereocenters. The molecular weight excluding hydrogens is 446 g/mol. The molecule has 35 heavy (non-hydrogen) atoms. The van der Waals surface area contributed by atoms with Crippen LogP contribution in [0.3, 0.4) is 0 Å². The Labute approximate surface area is 203 Å². The third-order valence-corrected chi connectivity index (χ3v) is 6.99. The third kappa shape index (κ3) is 4.58. The molecule has 4 N–H and O–H groups in total. The molecule has 1 fully saturated rings.